The van der Waals surface area contributed by atoms with E-state index in [9.17, 15) is 0 Å². The van der Waals surface area contributed by atoms with E-state index in [1.807, 2.05) is 17.5 Å². The third-order valence-electron chi connectivity index (χ3n) is 3.32. The summed E-state index contributed by atoms with van der Waals surface area (Å²) in [5.74, 6) is 0.935. The second kappa shape index (κ2) is 5.53. The van der Waals surface area contributed by atoms with E-state index < -0.39 is 0 Å². The molecule has 0 unspecified atom stereocenters. The minimum Gasteiger partial charge on any atom is -0.496 e. The Kier molecular flexibility index (Phi) is 3.78. The molecule has 1 aliphatic rings. The molecule has 4 heteroatoms. The summed E-state index contributed by atoms with van der Waals surface area (Å²) in [6, 6.07) is 8.89. The maximum atomic E-state index is 6.20. The van der Waals surface area contributed by atoms with Gasteiger partial charge in [0.05, 0.1) is 17.0 Å². The SMILES string of the molecule is COc1ccc(-c2sccc2Cl)cc1CNC1CC1. The fourth-order valence-corrected chi connectivity index (χ4v) is 3.26. The molecule has 1 saturated carbocycles. The summed E-state index contributed by atoms with van der Waals surface area (Å²) < 4.78 is 5.43. The molecule has 1 aromatic carbocycles. The first-order chi connectivity index (χ1) is 9.28. The van der Waals surface area contributed by atoms with Gasteiger partial charge in [-0.15, -0.1) is 11.3 Å². The van der Waals surface area contributed by atoms with Gasteiger partial charge in [-0.2, -0.15) is 0 Å². The zero-order chi connectivity index (χ0) is 13.2. The molecule has 0 saturated heterocycles. The maximum Gasteiger partial charge on any atom is 0.123 e. The Hall–Kier alpha value is -1.03. The summed E-state index contributed by atoms with van der Waals surface area (Å²) in [6.45, 7) is 0.852. The largest absolute Gasteiger partial charge is 0.496 e. The van der Waals surface area contributed by atoms with E-state index in [0.29, 0.717) is 6.04 Å². The van der Waals surface area contributed by atoms with E-state index in [-0.39, 0.29) is 0 Å². The maximum absolute atomic E-state index is 6.20. The molecule has 0 aliphatic heterocycles. The van der Waals surface area contributed by atoms with Gasteiger partial charge < -0.3 is 10.1 Å². The Bertz CT molecular complexity index is 577. The lowest BCUT2D eigenvalue weighted by molar-refractivity contribution is 0.407. The van der Waals surface area contributed by atoms with Crippen molar-refractivity contribution in [1.82, 2.24) is 5.32 Å². The topological polar surface area (TPSA) is 21.3 Å². The van der Waals surface area contributed by atoms with Crippen LogP contribution in [0.2, 0.25) is 5.02 Å². The third-order valence-corrected chi connectivity index (χ3v) is 4.71. The summed E-state index contributed by atoms with van der Waals surface area (Å²) in [5, 5.41) is 6.36. The van der Waals surface area contributed by atoms with E-state index in [4.69, 9.17) is 16.3 Å². The van der Waals surface area contributed by atoms with Gasteiger partial charge in [0.1, 0.15) is 5.75 Å². The van der Waals surface area contributed by atoms with E-state index in [1.165, 1.54) is 18.4 Å². The second-order valence-electron chi connectivity index (χ2n) is 4.78. The number of methoxy groups -OCH3 is 1. The number of ether oxygens (including phenoxy) is 1. The molecule has 1 aromatic heterocycles. The van der Waals surface area contributed by atoms with Crippen molar-refractivity contribution in [3.8, 4) is 16.2 Å². The Morgan fingerprint density at radius 3 is 2.84 bits per heavy atom. The minimum absolute atomic E-state index is 0.693. The lowest BCUT2D eigenvalue weighted by Gasteiger charge is -2.11. The molecule has 0 amide bonds. The van der Waals surface area contributed by atoms with Crippen molar-refractivity contribution in [2.45, 2.75) is 25.4 Å². The molecule has 0 spiro atoms. The van der Waals surface area contributed by atoms with Crippen molar-refractivity contribution >= 4 is 22.9 Å². The van der Waals surface area contributed by atoms with Gasteiger partial charge in [-0.25, -0.2) is 0 Å². The van der Waals surface area contributed by atoms with Crippen LogP contribution in [0.3, 0.4) is 0 Å². The quantitative estimate of drug-likeness (QED) is 0.886. The first-order valence-electron chi connectivity index (χ1n) is 6.41. The van der Waals surface area contributed by atoms with Gasteiger partial charge in [-0.05, 0) is 48.1 Å². The molecule has 1 aliphatic carbocycles. The zero-order valence-corrected chi connectivity index (χ0v) is 12.4. The Balaban J connectivity index is 1.89. The van der Waals surface area contributed by atoms with Crippen LogP contribution < -0.4 is 10.1 Å². The van der Waals surface area contributed by atoms with Gasteiger partial charge in [0.25, 0.3) is 0 Å². The molecule has 1 N–H and O–H groups in total. The molecule has 0 bridgehead atoms. The molecule has 2 nitrogen and oxygen atoms in total. The van der Waals surface area contributed by atoms with Crippen LogP contribution in [0.5, 0.6) is 5.75 Å². The van der Waals surface area contributed by atoms with Gasteiger partial charge in [0.2, 0.25) is 0 Å². The average molecular weight is 294 g/mol. The van der Waals surface area contributed by atoms with Gasteiger partial charge >= 0.3 is 0 Å². The Morgan fingerprint density at radius 2 is 2.21 bits per heavy atom. The standard InChI is InChI=1S/C15H16ClNOS/c1-18-14-5-2-10(15-13(16)6-7-19-15)8-11(14)9-17-12-3-4-12/h2,5-8,12,17H,3-4,9H2,1H3. The van der Waals surface area contributed by atoms with E-state index in [0.717, 1.165) is 27.8 Å². The molecule has 19 heavy (non-hydrogen) atoms. The highest BCUT2D eigenvalue weighted by atomic mass is 35.5. The van der Waals surface area contributed by atoms with Crippen LogP contribution in [-0.2, 0) is 6.54 Å². The number of nitrogens with one attached hydrogen (secondary N) is 1. The van der Waals surface area contributed by atoms with Crippen LogP contribution in [0.1, 0.15) is 18.4 Å². The van der Waals surface area contributed by atoms with Gasteiger partial charge in [0, 0.05) is 18.2 Å². The summed E-state index contributed by atoms with van der Waals surface area (Å²) >= 11 is 7.87. The van der Waals surface area contributed by atoms with Crippen LogP contribution in [0, 0.1) is 0 Å². The Labute approximate surface area is 122 Å². The predicted molar refractivity (Wildman–Crippen MR) is 81.2 cm³/mol. The zero-order valence-electron chi connectivity index (χ0n) is 10.8. The van der Waals surface area contributed by atoms with Gasteiger partial charge in [-0.1, -0.05) is 11.6 Å². The minimum atomic E-state index is 0.693. The number of hydrogen-bond donors (Lipinski definition) is 1. The van der Waals surface area contributed by atoms with Crippen molar-refractivity contribution in [3.05, 3.63) is 40.2 Å². The van der Waals surface area contributed by atoms with E-state index in [2.05, 4.69) is 17.4 Å². The highest BCUT2D eigenvalue weighted by molar-refractivity contribution is 7.14. The third kappa shape index (κ3) is 2.94. The van der Waals surface area contributed by atoms with Crippen LogP contribution in [0.4, 0.5) is 0 Å². The highest BCUT2D eigenvalue weighted by Gasteiger charge is 2.20. The number of benzene rings is 1. The normalized spacial score (nSPS) is 14.6. The predicted octanol–water partition coefficient (Wildman–Crippen LogP) is 4.33. The summed E-state index contributed by atoms with van der Waals surface area (Å²) in [5.41, 5.74) is 2.35. The monoisotopic (exact) mass is 293 g/mol. The van der Waals surface area contributed by atoms with Crippen molar-refractivity contribution in [2.75, 3.05) is 7.11 Å². The Morgan fingerprint density at radius 1 is 1.37 bits per heavy atom. The highest BCUT2D eigenvalue weighted by Crippen LogP contribution is 2.35. The molecule has 0 radical (unpaired) electrons. The molecule has 0 atom stereocenters. The van der Waals surface area contributed by atoms with E-state index >= 15 is 0 Å². The van der Waals surface area contributed by atoms with Crippen molar-refractivity contribution < 1.29 is 4.74 Å². The molecule has 3 rings (SSSR count). The molecule has 1 heterocycles. The lowest BCUT2D eigenvalue weighted by Crippen LogP contribution is -2.15. The van der Waals surface area contributed by atoms with Crippen LogP contribution in [0.15, 0.2) is 29.6 Å². The number of thiophene rings is 1. The molecule has 2 aromatic rings. The second-order valence-corrected chi connectivity index (χ2v) is 6.10. The number of hydrogen-bond acceptors (Lipinski definition) is 3. The summed E-state index contributed by atoms with van der Waals surface area (Å²) in [7, 11) is 1.72. The average Bonchev–Trinajstić information content (AvgIpc) is 3.17. The fraction of sp³-hybridized carbons (Fsp3) is 0.333. The molecule has 1 fully saturated rings. The molecular formula is C15H16ClNOS. The first-order valence-corrected chi connectivity index (χ1v) is 7.67. The van der Waals surface area contributed by atoms with Crippen LogP contribution in [-0.4, -0.2) is 13.2 Å². The van der Waals surface area contributed by atoms with E-state index in [1.54, 1.807) is 18.4 Å². The molecular weight excluding hydrogens is 278 g/mol. The number of rotatable bonds is 5. The van der Waals surface area contributed by atoms with Crippen molar-refractivity contribution in [3.63, 3.8) is 0 Å². The lowest BCUT2D eigenvalue weighted by atomic mass is 10.1. The fourth-order valence-electron chi connectivity index (χ4n) is 2.10. The van der Waals surface area contributed by atoms with Gasteiger partial charge in [0.15, 0.2) is 0 Å². The van der Waals surface area contributed by atoms with Crippen LogP contribution >= 0.6 is 22.9 Å². The van der Waals surface area contributed by atoms with Crippen molar-refractivity contribution in [1.29, 1.82) is 0 Å². The van der Waals surface area contributed by atoms with Gasteiger partial charge in [-0.3, -0.25) is 0 Å². The summed E-state index contributed by atoms with van der Waals surface area (Å²) in [4.78, 5) is 1.12. The molecule has 100 valence electrons. The summed E-state index contributed by atoms with van der Waals surface area (Å²) in [6.07, 6.45) is 2.58. The smallest absolute Gasteiger partial charge is 0.123 e. The van der Waals surface area contributed by atoms with Crippen LogP contribution in [0.25, 0.3) is 10.4 Å². The van der Waals surface area contributed by atoms with Crippen molar-refractivity contribution in [2.24, 2.45) is 0 Å². The number of halogens is 1. The first kappa shape index (κ1) is 13.0.